The highest BCUT2D eigenvalue weighted by Crippen LogP contribution is 2.31. The number of halogens is 1. The van der Waals surface area contributed by atoms with Gasteiger partial charge in [0.1, 0.15) is 12.1 Å². The van der Waals surface area contributed by atoms with Crippen LogP contribution in [0.2, 0.25) is 0 Å². The van der Waals surface area contributed by atoms with Crippen LogP contribution >= 0.6 is 0 Å². The highest BCUT2D eigenvalue weighted by molar-refractivity contribution is 5.94. The number of benzene rings is 1. The van der Waals surface area contributed by atoms with Crippen molar-refractivity contribution in [3.63, 3.8) is 0 Å². The first-order valence-electron chi connectivity index (χ1n) is 8.77. The fourth-order valence-electron chi connectivity index (χ4n) is 2.78. The second kappa shape index (κ2) is 8.55. The van der Waals surface area contributed by atoms with E-state index >= 15 is 0 Å². The Morgan fingerprint density at radius 3 is 2.66 bits per heavy atom. The number of carbonyl (C=O) groups excluding carboxylic acids is 2. The number of ether oxygens (including phenoxy) is 2. The van der Waals surface area contributed by atoms with Crippen molar-refractivity contribution in [2.75, 3.05) is 12.4 Å². The number of methoxy groups -OCH3 is 1. The highest BCUT2D eigenvalue weighted by Gasteiger charge is 2.22. The first-order chi connectivity index (χ1) is 13.9. The van der Waals surface area contributed by atoms with Crippen LogP contribution < -0.4 is 15.4 Å². The summed E-state index contributed by atoms with van der Waals surface area (Å²) >= 11 is 0. The van der Waals surface area contributed by atoms with Crippen molar-refractivity contribution in [2.45, 2.75) is 26.5 Å². The Balaban J connectivity index is 1.87. The van der Waals surface area contributed by atoms with E-state index in [1.54, 1.807) is 6.92 Å². The van der Waals surface area contributed by atoms with Gasteiger partial charge in [-0.3, -0.25) is 15.2 Å². The molecule has 0 unspecified atom stereocenters. The van der Waals surface area contributed by atoms with E-state index in [2.05, 4.69) is 25.8 Å². The molecule has 0 aliphatic rings. The lowest BCUT2D eigenvalue weighted by Gasteiger charge is -2.15. The lowest BCUT2D eigenvalue weighted by Crippen LogP contribution is -2.32. The van der Waals surface area contributed by atoms with Crippen molar-refractivity contribution in [3.05, 3.63) is 47.4 Å². The van der Waals surface area contributed by atoms with Crippen LogP contribution in [0.25, 0.3) is 10.9 Å². The summed E-state index contributed by atoms with van der Waals surface area (Å²) in [5.41, 5.74) is 1.06. The number of hydrogen-bond acceptors (Lipinski definition) is 6. The van der Waals surface area contributed by atoms with Crippen LogP contribution in [-0.2, 0) is 16.1 Å². The zero-order chi connectivity index (χ0) is 21.0. The summed E-state index contributed by atoms with van der Waals surface area (Å²) in [6.45, 7) is 2.80. The van der Waals surface area contributed by atoms with E-state index in [1.165, 1.54) is 14.0 Å². The number of aromatic amines is 1. The Bertz CT molecular complexity index is 1040. The maximum atomic E-state index is 14.9. The molecule has 1 atom stereocenters. The van der Waals surface area contributed by atoms with E-state index in [1.807, 2.05) is 30.3 Å². The summed E-state index contributed by atoms with van der Waals surface area (Å²) in [4.78, 5) is 27.6. The molecular formula is C19H20FN5O4. The molecule has 0 radical (unpaired) electrons. The molecule has 0 spiro atoms. The number of H-pyrrole nitrogens is 1. The van der Waals surface area contributed by atoms with Gasteiger partial charge in [0.2, 0.25) is 5.88 Å². The second-order valence-electron chi connectivity index (χ2n) is 6.22. The molecule has 2 aromatic heterocycles. The Morgan fingerprint density at radius 1 is 1.28 bits per heavy atom. The number of nitrogens with zero attached hydrogens (tertiary/aromatic N) is 2. The Labute approximate surface area is 165 Å². The van der Waals surface area contributed by atoms with Crippen molar-refractivity contribution in [1.29, 1.82) is 0 Å². The number of pyridine rings is 1. The minimum atomic E-state index is -0.815. The van der Waals surface area contributed by atoms with Crippen molar-refractivity contribution in [3.8, 4) is 5.88 Å². The van der Waals surface area contributed by atoms with E-state index in [4.69, 9.17) is 9.47 Å². The number of anilines is 1. The third kappa shape index (κ3) is 4.42. The Kier molecular flexibility index (Phi) is 5.91. The third-order valence-corrected chi connectivity index (χ3v) is 4.18. The van der Waals surface area contributed by atoms with Crippen molar-refractivity contribution < 1.29 is 23.5 Å². The predicted octanol–water partition coefficient (Wildman–Crippen LogP) is 3.05. The van der Waals surface area contributed by atoms with Crippen LogP contribution in [0.4, 0.5) is 15.0 Å². The standard InChI is InChI=1S/C19H20FN5O4/c1-10(12-7-5-4-6-8-12)21-19(27)23-17-15(20)16-14(18(28-3)25-24-16)13(22-17)9-29-11(2)26/h4-8,10H,9H2,1-3H3,(H,24,25)(H2,21,22,23,27)/t10-/m1/s1. The van der Waals surface area contributed by atoms with Gasteiger partial charge in [-0.2, -0.15) is 0 Å². The molecule has 0 fully saturated rings. The smallest absolute Gasteiger partial charge is 0.320 e. The zero-order valence-electron chi connectivity index (χ0n) is 16.1. The Hall–Kier alpha value is -3.69. The van der Waals surface area contributed by atoms with Crippen molar-refractivity contribution in [1.82, 2.24) is 20.5 Å². The van der Waals surface area contributed by atoms with E-state index in [-0.39, 0.29) is 40.9 Å². The molecule has 2 heterocycles. The van der Waals surface area contributed by atoms with Gasteiger partial charge in [-0.1, -0.05) is 30.3 Å². The first-order valence-corrected chi connectivity index (χ1v) is 8.77. The number of nitrogens with one attached hydrogen (secondary N) is 3. The van der Waals surface area contributed by atoms with Gasteiger partial charge >= 0.3 is 12.0 Å². The number of amides is 2. The average Bonchev–Trinajstić information content (AvgIpc) is 3.14. The van der Waals surface area contributed by atoms with Gasteiger partial charge in [0.15, 0.2) is 11.6 Å². The molecule has 3 rings (SSSR count). The van der Waals surface area contributed by atoms with Gasteiger partial charge in [0, 0.05) is 6.92 Å². The van der Waals surface area contributed by atoms with Gasteiger partial charge in [-0.15, -0.1) is 5.10 Å². The predicted molar refractivity (Wildman–Crippen MR) is 103 cm³/mol. The van der Waals surface area contributed by atoms with Gasteiger partial charge in [-0.05, 0) is 12.5 Å². The average molecular weight is 401 g/mol. The number of esters is 1. The van der Waals surface area contributed by atoms with Crippen LogP contribution in [0.1, 0.15) is 31.1 Å². The second-order valence-corrected chi connectivity index (χ2v) is 6.22. The SMILES string of the molecule is COc1n[nH]c2c(F)c(NC(=O)N[C@H](C)c3ccccc3)nc(COC(C)=O)c12. The van der Waals surface area contributed by atoms with Gasteiger partial charge < -0.3 is 14.8 Å². The first kappa shape index (κ1) is 20.1. The van der Waals surface area contributed by atoms with Crippen LogP contribution in [0.3, 0.4) is 0 Å². The van der Waals surface area contributed by atoms with Crippen molar-refractivity contribution >= 4 is 28.7 Å². The summed E-state index contributed by atoms with van der Waals surface area (Å²) in [6.07, 6.45) is 0. The number of urea groups is 1. The lowest BCUT2D eigenvalue weighted by molar-refractivity contribution is -0.142. The van der Waals surface area contributed by atoms with Crippen LogP contribution in [-0.4, -0.2) is 34.3 Å². The molecule has 2 amide bonds. The minimum Gasteiger partial charge on any atom is -0.479 e. The van der Waals surface area contributed by atoms with E-state index < -0.39 is 17.8 Å². The van der Waals surface area contributed by atoms with Crippen molar-refractivity contribution in [2.24, 2.45) is 0 Å². The van der Waals surface area contributed by atoms with Gasteiger partial charge in [0.05, 0.1) is 24.2 Å². The molecule has 0 aliphatic carbocycles. The number of carbonyl (C=O) groups is 2. The fourth-order valence-corrected chi connectivity index (χ4v) is 2.78. The van der Waals surface area contributed by atoms with Crippen LogP contribution in [0, 0.1) is 5.82 Å². The lowest BCUT2D eigenvalue weighted by atomic mass is 10.1. The third-order valence-electron chi connectivity index (χ3n) is 4.18. The van der Waals surface area contributed by atoms with Crippen LogP contribution in [0.15, 0.2) is 30.3 Å². The summed E-state index contributed by atoms with van der Waals surface area (Å²) < 4.78 is 25.0. The molecule has 29 heavy (non-hydrogen) atoms. The summed E-state index contributed by atoms with van der Waals surface area (Å²) in [5, 5.41) is 11.7. The maximum Gasteiger partial charge on any atom is 0.320 e. The number of fused-ring (bicyclic) bond motifs is 1. The largest absolute Gasteiger partial charge is 0.479 e. The van der Waals surface area contributed by atoms with E-state index in [0.717, 1.165) is 5.56 Å². The summed E-state index contributed by atoms with van der Waals surface area (Å²) in [5.74, 6) is -1.58. The molecule has 152 valence electrons. The zero-order valence-corrected chi connectivity index (χ0v) is 16.1. The molecule has 0 saturated heterocycles. The van der Waals surface area contributed by atoms with E-state index in [0.29, 0.717) is 0 Å². The molecule has 9 nitrogen and oxygen atoms in total. The quantitative estimate of drug-likeness (QED) is 0.547. The number of aromatic nitrogens is 3. The van der Waals surface area contributed by atoms with Gasteiger partial charge in [0.25, 0.3) is 0 Å². The Morgan fingerprint density at radius 2 is 2.00 bits per heavy atom. The minimum absolute atomic E-state index is 0.0228. The molecular weight excluding hydrogens is 381 g/mol. The summed E-state index contributed by atoms with van der Waals surface area (Å²) in [6, 6.07) is 8.36. The molecule has 10 heteroatoms. The maximum absolute atomic E-state index is 14.9. The fraction of sp³-hybridized carbons (Fsp3) is 0.263. The van der Waals surface area contributed by atoms with E-state index in [9.17, 15) is 14.0 Å². The van der Waals surface area contributed by atoms with Gasteiger partial charge in [-0.25, -0.2) is 14.2 Å². The van der Waals surface area contributed by atoms with Crippen LogP contribution in [0.5, 0.6) is 5.88 Å². The summed E-state index contributed by atoms with van der Waals surface area (Å²) in [7, 11) is 1.37. The molecule has 0 aliphatic heterocycles. The molecule has 1 aromatic carbocycles. The monoisotopic (exact) mass is 401 g/mol. The molecule has 0 bridgehead atoms. The normalized spacial score (nSPS) is 11.7. The highest BCUT2D eigenvalue weighted by atomic mass is 19.1. The molecule has 3 aromatic rings. The number of rotatable bonds is 6. The number of hydrogen-bond donors (Lipinski definition) is 3. The molecule has 3 N–H and O–H groups in total. The molecule has 0 saturated carbocycles. The topological polar surface area (TPSA) is 118 Å².